The minimum absolute atomic E-state index is 0.156. The highest BCUT2D eigenvalue weighted by Gasteiger charge is 2.11. The molecule has 0 atom stereocenters. The smallest absolute Gasteiger partial charge is 0.277 e. The van der Waals surface area contributed by atoms with Crippen molar-refractivity contribution in [2.24, 2.45) is 5.10 Å². The number of hydrazone groups is 1. The van der Waals surface area contributed by atoms with Crippen LogP contribution in [0.25, 0.3) is 5.69 Å². The van der Waals surface area contributed by atoms with Crippen LogP contribution in [0.15, 0.2) is 84.0 Å². The van der Waals surface area contributed by atoms with E-state index in [1.807, 2.05) is 44.2 Å². The first-order valence-corrected chi connectivity index (χ1v) is 11.6. The molecule has 6 nitrogen and oxygen atoms in total. The first-order valence-electron chi connectivity index (χ1n) is 11.3. The molecule has 0 aliphatic carbocycles. The lowest BCUT2D eigenvalue weighted by Gasteiger charge is -2.12. The molecule has 0 aliphatic heterocycles. The topological polar surface area (TPSA) is 64.8 Å². The first-order chi connectivity index (χ1) is 17.4. The first kappa shape index (κ1) is 25.0. The Kier molecular flexibility index (Phi) is 8.02. The number of para-hydroxylation sites is 1. The number of benzene rings is 3. The summed E-state index contributed by atoms with van der Waals surface area (Å²) in [6.45, 7) is 3.91. The average Bonchev–Trinajstić information content (AvgIpc) is 3.16. The summed E-state index contributed by atoms with van der Waals surface area (Å²) in [4.78, 5) is 12.1. The summed E-state index contributed by atoms with van der Waals surface area (Å²) in [5, 5.41) is 4.49. The molecule has 1 amide bonds. The number of aromatic nitrogens is 1. The third-order valence-corrected chi connectivity index (χ3v) is 5.82. The number of nitrogens with one attached hydrogen (secondary N) is 1. The van der Waals surface area contributed by atoms with Crippen LogP contribution < -0.4 is 14.9 Å². The number of amides is 1. The summed E-state index contributed by atoms with van der Waals surface area (Å²) in [5.74, 6) is 0.399. The van der Waals surface area contributed by atoms with Crippen molar-refractivity contribution in [3.05, 3.63) is 112 Å². The molecule has 0 unspecified atom stereocenters. The Morgan fingerprint density at radius 2 is 1.75 bits per heavy atom. The summed E-state index contributed by atoms with van der Waals surface area (Å²) in [6.07, 6.45) is 1.60. The fraction of sp³-hybridized carbons (Fsp3) is 0.143. The van der Waals surface area contributed by atoms with Gasteiger partial charge in [0.1, 0.15) is 23.9 Å². The molecule has 0 radical (unpaired) electrons. The predicted octanol–water partition coefficient (Wildman–Crippen LogP) is 5.99. The Morgan fingerprint density at radius 1 is 1.03 bits per heavy atom. The molecule has 4 aromatic rings. The fourth-order valence-corrected chi connectivity index (χ4v) is 3.89. The molecule has 0 spiro atoms. The van der Waals surface area contributed by atoms with E-state index in [-0.39, 0.29) is 19.0 Å². The van der Waals surface area contributed by atoms with Crippen LogP contribution in [-0.4, -0.2) is 23.3 Å². The predicted molar refractivity (Wildman–Crippen MR) is 139 cm³/mol. The number of hydrogen-bond acceptors (Lipinski definition) is 4. The number of nitrogens with zero attached hydrogens (tertiary/aromatic N) is 2. The Morgan fingerprint density at radius 3 is 2.50 bits per heavy atom. The van der Waals surface area contributed by atoms with Crippen molar-refractivity contribution >= 4 is 23.7 Å². The van der Waals surface area contributed by atoms with E-state index in [0.29, 0.717) is 22.1 Å². The molecule has 3 aromatic carbocycles. The van der Waals surface area contributed by atoms with E-state index < -0.39 is 5.91 Å². The Hall–Kier alpha value is -4.10. The molecule has 1 aromatic heterocycles. The second kappa shape index (κ2) is 11.6. The fourth-order valence-electron chi connectivity index (χ4n) is 3.69. The summed E-state index contributed by atoms with van der Waals surface area (Å²) < 4.78 is 27.0. The van der Waals surface area contributed by atoms with Crippen molar-refractivity contribution in [3.8, 4) is 17.2 Å². The molecule has 8 heteroatoms. The second-order valence-electron chi connectivity index (χ2n) is 8.05. The minimum atomic E-state index is -0.397. The van der Waals surface area contributed by atoms with Crippen molar-refractivity contribution in [2.75, 3.05) is 6.61 Å². The van der Waals surface area contributed by atoms with Crippen molar-refractivity contribution < 1.29 is 18.7 Å². The lowest BCUT2D eigenvalue weighted by atomic mass is 10.2. The summed E-state index contributed by atoms with van der Waals surface area (Å²) >= 11 is 6.02. The molecule has 1 N–H and O–H groups in total. The Bertz CT molecular complexity index is 1380. The minimum Gasteiger partial charge on any atom is -0.489 e. The molecule has 0 bridgehead atoms. The van der Waals surface area contributed by atoms with Crippen molar-refractivity contribution in [1.29, 1.82) is 0 Å². The highest BCUT2D eigenvalue weighted by molar-refractivity contribution is 6.32. The average molecular weight is 506 g/mol. The Balaban J connectivity index is 1.36. The molecule has 0 aliphatic rings. The molecule has 184 valence electrons. The van der Waals surface area contributed by atoms with Crippen LogP contribution in [0.4, 0.5) is 4.39 Å². The van der Waals surface area contributed by atoms with Crippen LogP contribution in [0.2, 0.25) is 5.02 Å². The number of ether oxygens (including phenoxy) is 2. The SMILES string of the molecule is Cc1cc(/C=N\NC(=O)COc2ccccc2Cl)c(C)n1-c1ccc(OCc2ccccc2F)cc1. The van der Waals surface area contributed by atoms with Gasteiger partial charge in [-0.1, -0.05) is 41.9 Å². The standard InChI is InChI=1S/C28H25ClFN3O3/c1-19-15-22(16-31-32-28(34)18-36-27-10-6-4-8-25(27)29)20(2)33(19)23-11-13-24(14-12-23)35-17-21-7-3-5-9-26(21)30/h3-16H,17-18H2,1-2H3,(H,32,34)/b31-16-. The molecule has 0 saturated carbocycles. The van der Waals surface area contributed by atoms with E-state index in [4.69, 9.17) is 21.1 Å². The normalized spacial score (nSPS) is 11.0. The lowest BCUT2D eigenvalue weighted by molar-refractivity contribution is -0.123. The van der Waals surface area contributed by atoms with Gasteiger partial charge in [-0.15, -0.1) is 0 Å². The van der Waals surface area contributed by atoms with Gasteiger partial charge in [-0.2, -0.15) is 5.10 Å². The number of carbonyl (C=O) groups excluding carboxylic acids is 1. The maximum Gasteiger partial charge on any atom is 0.277 e. The molecule has 36 heavy (non-hydrogen) atoms. The van der Waals surface area contributed by atoms with Gasteiger partial charge in [0.25, 0.3) is 5.91 Å². The third-order valence-electron chi connectivity index (χ3n) is 5.51. The molecule has 0 fully saturated rings. The maximum absolute atomic E-state index is 13.8. The van der Waals surface area contributed by atoms with E-state index >= 15 is 0 Å². The largest absolute Gasteiger partial charge is 0.489 e. The summed E-state index contributed by atoms with van der Waals surface area (Å²) in [6, 6.07) is 23.0. The molecule has 0 saturated heterocycles. The molecular weight excluding hydrogens is 481 g/mol. The van der Waals surface area contributed by atoms with Crippen LogP contribution in [-0.2, 0) is 11.4 Å². The number of rotatable bonds is 9. The number of aryl methyl sites for hydroxylation is 1. The third kappa shape index (κ3) is 6.12. The van der Waals surface area contributed by atoms with Crippen molar-refractivity contribution in [3.63, 3.8) is 0 Å². The van der Waals surface area contributed by atoms with Crippen LogP contribution in [0.1, 0.15) is 22.5 Å². The van der Waals surface area contributed by atoms with Gasteiger partial charge < -0.3 is 14.0 Å². The highest BCUT2D eigenvalue weighted by Crippen LogP contribution is 2.24. The van der Waals surface area contributed by atoms with Crippen LogP contribution >= 0.6 is 11.6 Å². The zero-order valence-electron chi connectivity index (χ0n) is 19.9. The van der Waals surface area contributed by atoms with Crippen LogP contribution in [0.3, 0.4) is 0 Å². The van der Waals surface area contributed by atoms with Crippen molar-refractivity contribution in [2.45, 2.75) is 20.5 Å². The van der Waals surface area contributed by atoms with E-state index in [9.17, 15) is 9.18 Å². The van der Waals surface area contributed by atoms with Gasteiger partial charge in [-0.3, -0.25) is 4.79 Å². The lowest BCUT2D eigenvalue weighted by Crippen LogP contribution is -2.24. The highest BCUT2D eigenvalue weighted by atomic mass is 35.5. The zero-order valence-corrected chi connectivity index (χ0v) is 20.6. The van der Waals surface area contributed by atoms with Crippen LogP contribution in [0.5, 0.6) is 11.5 Å². The zero-order chi connectivity index (χ0) is 25.5. The van der Waals surface area contributed by atoms with Gasteiger partial charge in [0.15, 0.2) is 6.61 Å². The van der Waals surface area contributed by atoms with E-state index in [0.717, 1.165) is 22.6 Å². The quantitative estimate of drug-likeness (QED) is 0.224. The molecular formula is C28H25ClFN3O3. The monoisotopic (exact) mass is 505 g/mol. The van der Waals surface area contributed by atoms with Crippen LogP contribution in [0, 0.1) is 19.7 Å². The van der Waals surface area contributed by atoms with Crippen molar-refractivity contribution in [1.82, 2.24) is 9.99 Å². The number of hydrogen-bond donors (Lipinski definition) is 1. The van der Waals surface area contributed by atoms with E-state index in [1.54, 1.807) is 48.7 Å². The molecule has 4 rings (SSSR count). The maximum atomic E-state index is 13.8. The number of halogens is 2. The second-order valence-corrected chi connectivity index (χ2v) is 8.46. The summed E-state index contributed by atoms with van der Waals surface area (Å²) in [5.41, 5.74) is 6.73. The number of carbonyl (C=O) groups is 1. The van der Waals surface area contributed by atoms with Gasteiger partial charge in [0.05, 0.1) is 11.2 Å². The van der Waals surface area contributed by atoms with Gasteiger partial charge in [0, 0.05) is 28.2 Å². The van der Waals surface area contributed by atoms with Gasteiger partial charge in [-0.25, -0.2) is 9.82 Å². The van der Waals surface area contributed by atoms with E-state index in [2.05, 4.69) is 15.1 Å². The van der Waals surface area contributed by atoms with Gasteiger partial charge in [0.2, 0.25) is 0 Å². The molecule has 1 heterocycles. The van der Waals surface area contributed by atoms with E-state index in [1.165, 1.54) is 6.07 Å². The Labute approximate surface area is 213 Å². The summed E-state index contributed by atoms with van der Waals surface area (Å²) in [7, 11) is 0. The van der Waals surface area contributed by atoms with Gasteiger partial charge in [-0.05, 0) is 62.4 Å². The van der Waals surface area contributed by atoms with Gasteiger partial charge >= 0.3 is 0 Å².